The van der Waals surface area contributed by atoms with Crippen molar-refractivity contribution < 1.29 is 5.21 Å². The number of rotatable bonds is 4. The molecule has 0 radical (unpaired) electrons. The molecule has 1 rings (SSSR count). The molecular weight excluding hydrogens is 256 g/mol. The standard InChI is InChI=1S/C12H17ClN2OS/c1-7(2)8(3)17-11-6-9(13)4-5-10(11)12(14)15-16/h4-8,16H,1-3H3,(H2,14,15). The molecule has 17 heavy (non-hydrogen) atoms. The topological polar surface area (TPSA) is 58.6 Å². The lowest BCUT2D eigenvalue weighted by atomic mass is 10.2. The van der Waals surface area contributed by atoms with E-state index in [1.807, 2.05) is 6.07 Å². The van der Waals surface area contributed by atoms with E-state index in [4.69, 9.17) is 22.5 Å². The molecule has 0 heterocycles. The van der Waals surface area contributed by atoms with Crippen LogP contribution in [0.1, 0.15) is 26.3 Å². The van der Waals surface area contributed by atoms with Crippen LogP contribution in [0.5, 0.6) is 0 Å². The van der Waals surface area contributed by atoms with Gasteiger partial charge in [-0.2, -0.15) is 0 Å². The lowest BCUT2D eigenvalue weighted by Gasteiger charge is -2.17. The van der Waals surface area contributed by atoms with Crippen LogP contribution in [0.3, 0.4) is 0 Å². The molecule has 94 valence electrons. The first kappa shape index (κ1) is 14.2. The van der Waals surface area contributed by atoms with Gasteiger partial charge in [0.2, 0.25) is 0 Å². The maximum Gasteiger partial charge on any atom is 0.171 e. The summed E-state index contributed by atoms with van der Waals surface area (Å²) in [6, 6.07) is 5.35. The Balaban J connectivity index is 3.07. The van der Waals surface area contributed by atoms with Gasteiger partial charge in [0, 0.05) is 20.7 Å². The average Bonchev–Trinajstić information content (AvgIpc) is 2.28. The highest BCUT2D eigenvalue weighted by Gasteiger charge is 2.14. The summed E-state index contributed by atoms with van der Waals surface area (Å²) in [4.78, 5) is 0.939. The Labute approximate surface area is 111 Å². The van der Waals surface area contributed by atoms with E-state index in [2.05, 4.69) is 25.9 Å². The Morgan fingerprint density at radius 1 is 1.41 bits per heavy atom. The highest BCUT2D eigenvalue weighted by Crippen LogP contribution is 2.32. The fraction of sp³-hybridized carbons (Fsp3) is 0.417. The zero-order valence-electron chi connectivity index (χ0n) is 10.1. The predicted molar refractivity (Wildman–Crippen MR) is 74.1 cm³/mol. The Morgan fingerprint density at radius 2 is 2.06 bits per heavy atom. The van der Waals surface area contributed by atoms with Gasteiger partial charge in [-0.1, -0.05) is 37.5 Å². The smallest absolute Gasteiger partial charge is 0.171 e. The molecule has 1 aromatic rings. The first-order chi connectivity index (χ1) is 7.95. The first-order valence-corrected chi connectivity index (χ1v) is 6.65. The summed E-state index contributed by atoms with van der Waals surface area (Å²) in [5.74, 6) is 0.652. The van der Waals surface area contributed by atoms with Crippen molar-refractivity contribution in [3.8, 4) is 0 Å². The van der Waals surface area contributed by atoms with Crippen molar-refractivity contribution in [3.05, 3.63) is 28.8 Å². The second-order valence-electron chi connectivity index (χ2n) is 4.19. The molecule has 1 aromatic carbocycles. The SMILES string of the molecule is CC(C)C(C)Sc1cc(Cl)ccc1/C(N)=N/O. The number of amidine groups is 1. The van der Waals surface area contributed by atoms with Gasteiger partial charge in [0.15, 0.2) is 5.84 Å². The molecule has 0 saturated heterocycles. The number of nitrogens with zero attached hydrogens (tertiary/aromatic N) is 1. The van der Waals surface area contributed by atoms with Crippen molar-refractivity contribution in [2.24, 2.45) is 16.8 Å². The van der Waals surface area contributed by atoms with Gasteiger partial charge in [-0.25, -0.2) is 0 Å². The average molecular weight is 273 g/mol. The molecule has 0 aromatic heterocycles. The third kappa shape index (κ3) is 3.82. The first-order valence-electron chi connectivity index (χ1n) is 5.39. The van der Waals surface area contributed by atoms with E-state index < -0.39 is 0 Å². The molecule has 0 aliphatic heterocycles. The lowest BCUT2D eigenvalue weighted by Crippen LogP contribution is -2.15. The molecule has 1 atom stereocenters. The van der Waals surface area contributed by atoms with Crippen molar-refractivity contribution in [1.29, 1.82) is 0 Å². The Bertz CT molecular complexity index is 421. The van der Waals surface area contributed by atoms with Gasteiger partial charge in [0.05, 0.1) is 0 Å². The minimum Gasteiger partial charge on any atom is -0.409 e. The van der Waals surface area contributed by atoms with Gasteiger partial charge in [0.25, 0.3) is 0 Å². The lowest BCUT2D eigenvalue weighted by molar-refractivity contribution is 0.318. The zero-order chi connectivity index (χ0) is 13.0. The number of halogens is 1. The number of benzene rings is 1. The van der Waals surface area contributed by atoms with E-state index >= 15 is 0 Å². The van der Waals surface area contributed by atoms with Gasteiger partial charge in [-0.05, 0) is 24.1 Å². The quantitative estimate of drug-likeness (QED) is 0.290. The molecule has 0 aliphatic carbocycles. The Morgan fingerprint density at radius 3 is 2.59 bits per heavy atom. The molecule has 0 fully saturated rings. The van der Waals surface area contributed by atoms with Gasteiger partial charge in [-0.3, -0.25) is 0 Å². The number of hydrogen-bond acceptors (Lipinski definition) is 3. The zero-order valence-corrected chi connectivity index (χ0v) is 11.7. The highest BCUT2D eigenvalue weighted by atomic mass is 35.5. The fourth-order valence-corrected chi connectivity index (χ4v) is 2.60. The number of oxime groups is 1. The molecule has 0 aliphatic rings. The summed E-state index contributed by atoms with van der Waals surface area (Å²) < 4.78 is 0. The maximum absolute atomic E-state index is 8.75. The van der Waals surface area contributed by atoms with E-state index in [1.54, 1.807) is 23.9 Å². The van der Waals surface area contributed by atoms with Gasteiger partial charge < -0.3 is 10.9 Å². The van der Waals surface area contributed by atoms with E-state index in [0.717, 1.165) is 10.5 Å². The van der Waals surface area contributed by atoms with Crippen LogP contribution in [-0.2, 0) is 0 Å². The third-order valence-corrected chi connectivity index (χ3v) is 4.32. The summed E-state index contributed by atoms with van der Waals surface area (Å²) in [6.45, 7) is 6.46. The van der Waals surface area contributed by atoms with Crippen molar-refractivity contribution in [1.82, 2.24) is 0 Å². The minimum absolute atomic E-state index is 0.111. The Hall–Kier alpha value is -0.870. The van der Waals surface area contributed by atoms with Crippen molar-refractivity contribution in [2.45, 2.75) is 30.9 Å². The van der Waals surface area contributed by atoms with Crippen molar-refractivity contribution in [2.75, 3.05) is 0 Å². The molecular formula is C12H17ClN2OS. The molecule has 3 N–H and O–H groups in total. The van der Waals surface area contributed by atoms with Crippen LogP contribution in [0.2, 0.25) is 5.02 Å². The van der Waals surface area contributed by atoms with Gasteiger partial charge in [0.1, 0.15) is 0 Å². The summed E-state index contributed by atoms with van der Waals surface area (Å²) in [5.41, 5.74) is 6.36. The van der Waals surface area contributed by atoms with Crippen LogP contribution >= 0.6 is 23.4 Å². The second-order valence-corrected chi connectivity index (χ2v) is 6.05. The molecule has 0 bridgehead atoms. The summed E-state index contributed by atoms with van der Waals surface area (Å²) in [7, 11) is 0. The van der Waals surface area contributed by atoms with Crippen LogP contribution in [0.15, 0.2) is 28.3 Å². The molecule has 1 unspecified atom stereocenters. The monoisotopic (exact) mass is 272 g/mol. The molecule has 0 amide bonds. The van der Waals surface area contributed by atoms with Crippen LogP contribution in [0.25, 0.3) is 0 Å². The van der Waals surface area contributed by atoms with E-state index in [9.17, 15) is 0 Å². The summed E-state index contributed by atoms with van der Waals surface area (Å²) >= 11 is 7.65. The second kappa shape index (κ2) is 6.17. The van der Waals surface area contributed by atoms with Crippen LogP contribution in [0.4, 0.5) is 0 Å². The van der Waals surface area contributed by atoms with Crippen molar-refractivity contribution >= 4 is 29.2 Å². The maximum atomic E-state index is 8.75. The summed E-state index contributed by atoms with van der Waals surface area (Å²) in [5, 5.41) is 12.9. The van der Waals surface area contributed by atoms with E-state index in [0.29, 0.717) is 16.2 Å². The van der Waals surface area contributed by atoms with E-state index in [-0.39, 0.29) is 5.84 Å². The van der Waals surface area contributed by atoms with Gasteiger partial charge in [-0.15, -0.1) is 11.8 Å². The minimum atomic E-state index is 0.111. The molecule has 0 saturated carbocycles. The van der Waals surface area contributed by atoms with Crippen LogP contribution in [0, 0.1) is 5.92 Å². The van der Waals surface area contributed by atoms with Crippen LogP contribution < -0.4 is 5.73 Å². The largest absolute Gasteiger partial charge is 0.409 e. The van der Waals surface area contributed by atoms with Crippen LogP contribution in [-0.4, -0.2) is 16.3 Å². The molecule has 0 spiro atoms. The third-order valence-electron chi connectivity index (χ3n) is 2.58. The fourth-order valence-electron chi connectivity index (χ4n) is 1.20. The Kier molecular flexibility index (Phi) is 5.15. The normalized spacial score (nSPS) is 14.1. The van der Waals surface area contributed by atoms with E-state index in [1.165, 1.54) is 0 Å². The van der Waals surface area contributed by atoms with Crippen molar-refractivity contribution in [3.63, 3.8) is 0 Å². The van der Waals surface area contributed by atoms with Gasteiger partial charge >= 0.3 is 0 Å². The summed E-state index contributed by atoms with van der Waals surface area (Å²) in [6.07, 6.45) is 0. The predicted octanol–water partition coefficient (Wildman–Crippen LogP) is 3.57. The number of nitrogens with two attached hydrogens (primary N) is 1. The highest BCUT2D eigenvalue weighted by molar-refractivity contribution is 8.00. The molecule has 3 nitrogen and oxygen atoms in total. The molecule has 5 heteroatoms. The number of thioether (sulfide) groups is 1. The number of hydrogen-bond donors (Lipinski definition) is 2.